The molecule has 1 aromatic carbocycles. The zero-order valence-corrected chi connectivity index (χ0v) is 18.2. The highest BCUT2D eigenvalue weighted by Crippen LogP contribution is 2.29. The average Bonchev–Trinajstić information content (AvgIpc) is 3.28. The van der Waals surface area contributed by atoms with Gasteiger partial charge in [0, 0.05) is 48.5 Å². The number of rotatable bonds is 4. The number of pyridine rings is 1. The van der Waals surface area contributed by atoms with Gasteiger partial charge in [0.05, 0.1) is 30.4 Å². The number of hydrogen-bond acceptors (Lipinski definition) is 6. The summed E-state index contributed by atoms with van der Waals surface area (Å²) in [6.45, 7) is 3.90. The lowest BCUT2D eigenvalue weighted by atomic mass is 9.90. The van der Waals surface area contributed by atoms with Crippen molar-refractivity contribution >= 4 is 22.4 Å². The van der Waals surface area contributed by atoms with E-state index in [1.54, 1.807) is 0 Å². The van der Waals surface area contributed by atoms with Crippen LogP contribution in [0.25, 0.3) is 27.5 Å². The quantitative estimate of drug-likeness (QED) is 0.530. The van der Waals surface area contributed by atoms with Crippen LogP contribution in [0.15, 0.2) is 55.0 Å². The Morgan fingerprint density at radius 1 is 0.969 bits per heavy atom. The van der Waals surface area contributed by atoms with E-state index in [0.717, 1.165) is 66.7 Å². The molecule has 0 radical (unpaired) electrons. The van der Waals surface area contributed by atoms with Gasteiger partial charge in [-0.1, -0.05) is 12.1 Å². The maximum Gasteiger partial charge on any atom is 0.241 e. The number of ether oxygens (including phenoxy) is 1. The zero-order chi connectivity index (χ0) is 21.3. The number of nitrogens with zero attached hydrogens (tertiary/aromatic N) is 5. The molecule has 1 saturated heterocycles. The Kier molecular flexibility index (Phi) is 5.21. The average molecular weight is 429 g/mol. The summed E-state index contributed by atoms with van der Waals surface area (Å²) < 4.78 is 7.43. The first-order valence-electron chi connectivity index (χ1n) is 11.6. The van der Waals surface area contributed by atoms with Crippen molar-refractivity contribution < 1.29 is 4.74 Å². The molecule has 1 N–H and O–H groups in total. The van der Waals surface area contributed by atoms with E-state index in [-0.39, 0.29) is 0 Å². The third kappa shape index (κ3) is 3.82. The second kappa shape index (κ2) is 8.48. The molecule has 1 aliphatic carbocycles. The fourth-order valence-electron chi connectivity index (χ4n) is 5.16. The Bertz CT molecular complexity index is 1220. The van der Waals surface area contributed by atoms with Crippen molar-refractivity contribution in [3.05, 3.63) is 55.0 Å². The summed E-state index contributed by atoms with van der Waals surface area (Å²) in [6, 6.07) is 13.7. The van der Waals surface area contributed by atoms with Gasteiger partial charge in [-0.2, -0.15) is 0 Å². The van der Waals surface area contributed by atoms with E-state index < -0.39 is 0 Å². The Morgan fingerprint density at radius 3 is 2.72 bits per heavy atom. The standard InChI is InChI=1S/C25H28N6O/c1-2-19-16-18(3-8-23(19)26-10-1)22-9-11-31-24(22)17-27-25(29-31)28-20-4-6-21(7-5-20)30-12-14-32-15-13-30/h1-3,8-11,16-17,20-21H,4-7,12-15H2,(H,28,29). The molecular formula is C25H28N6O. The van der Waals surface area contributed by atoms with Gasteiger partial charge in [-0.05, 0) is 55.5 Å². The minimum atomic E-state index is 0.438. The van der Waals surface area contributed by atoms with Gasteiger partial charge in [-0.15, -0.1) is 5.10 Å². The zero-order valence-electron chi connectivity index (χ0n) is 18.2. The van der Waals surface area contributed by atoms with Gasteiger partial charge < -0.3 is 10.1 Å². The van der Waals surface area contributed by atoms with Crippen molar-refractivity contribution in [3.8, 4) is 11.1 Å². The predicted molar refractivity (Wildman–Crippen MR) is 126 cm³/mol. The maximum atomic E-state index is 5.50. The molecule has 1 saturated carbocycles. The largest absolute Gasteiger partial charge is 0.379 e. The Labute approximate surface area is 187 Å². The lowest BCUT2D eigenvalue weighted by molar-refractivity contribution is 0.00790. The fraction of sp³-hybridized carbons (Fsp3) is 0.400. The fourth-order valence-corrected chi connectivity index (χ4v) is 5.16. The van der Waals surface area contributed by atoms with E-state index in [1.807, 2.05) is 29.2 Å². The number of hydrogen-bond donors (Lipinski definition) is 1. The molecule has 0 unspecified atom stereocenters. The number of morpholine rings is 1. The van der Waals surface area contributed by atoms with Crippen molar-refractivity contribution in [3.63, 3.8) is 0 Å². The monoisotopic (exact) mass is 428 g/mol. The Balaban J connectivity index is 1.16. The molecule has 4 aromatic rings. The van der Waals surface area contributed by atoms with E-state index in [4.69, 9.17) is 9.84 Å². The smallest absolute Gasteiger partial charge is 0.241 e. The van der Waals surface area contributed by atoms with Crippen LogP contribution in [0.2, 0.25) is 0 Å². The first kappa shape index (κ1) is 19.6. The number of nitrogens with one attached hydrogen (secondary N) is 1. The maximum absolute atomic E-state index is 5.50. The highest BCUT2D eigenvalue weighted by atomic mass is 16.5. The number of benzene rings is 1. The topological polar surface area (TPSA) is 67.6 Å². The normalized spacial score (nSPS) is 22.4. The highest BCUT2D eigenvalue weighted by Gasteiger charge is 2.27. The molecule has 0 spiro atoms. The van der Waals surface area contributed by atoms with Gasteiger partial charge >= 0.3 is 0 Å². The lowest BCUT2D eigenvalue weighted by Crippen LogP contribution is -2.46. The third-order valence-corrected chi connectivity index (χ3v) is 6.92. The van der Waals surface area contributed by atoms with Crippen molar-refractivity contribution in [2.24, 2.45) is 0 Å². The van der Waals surface area contributed by atoms with E-state index >= 15 is 0 Å². The molecule has 0 atom stereocenters. The molecule has 6 rings (SSSR count). The summed E-state index contributed by atoms with van der Waals surface area (Å²) in [6.07, 6.45) is 10.5. The van der Waals surface area contributed by atoms with E-state index in [0.29, 0.717) is 18.0 Å². The van der Waals surface area contributed by atoms with Crippen LogP contribution in [0, 0.1) is 0 Å². The Morgan fingerprint density at radius 2 is 1.84 bits per heavy atom. The summed E-state index contributed by atoms with van der Waals surface area (Å²) in [5.41, 5.74) is 4.30. The molecule has 3 aromatic heterocycles. The molecular weight excluding hydrogens is 400 g/mol. The first-order chi connectivity index (χ1) is 15.8. The van der Waals surface area contributed by atoms with Crippen LogP contribution in [0.3, 0.4) is 0 Å². The summed E-state index contributed by atoms with van der Waals surface area (Å²) >= 11 is 0. The van der Waals surface area contributed by atoms with E-state index in [9.17, 15) is 0 Å². The Hall–Kier alpha value is -3.03. The molecule has 2 fully saturated rings. The molecule has 0 amide bonds. The van der Waals surface area contributed by atoms with Crippen molar-refractivity contribution in [1.82, 2.24) is 24.5 Å². The second-order valence-corrected chi connectivity index (χ2v) is 8.85. The van der Waals surface area contributed by atoms with Crippen molar-refractivity contribution in [2.45, 2.75) is 37.8 Å². The van der Waals surface area contributed by atoms with Crippen molar-refractivity contribution in [1.29, 1.82) is 0 Å². The molecule has 7 heteroatoms. The van der Waals surface area contributed by atoms with Gasteiger partial charge in [0.25, 0.3) is 0 Å². The van der Waals surface area contributed by atoms with Crippen LogP contribution < -0.4 is 5.32 Å². The molecule has 32 heavy (non-hydrogen) atoms. The summed E-state index contributed by atoms with van der Waals surface area (Å²) in [4.78, 5) is 11.7. The minimum Gasteiger partial charge on any atom is -0.379 e. The van der Waals surface area contributed by atoms with Gasteiger partial charge in [-0.25, -0.2) is 9.50 Å². The van der Waals surface area contributed by atoms with Crippen LogP contribution in [0.5, 0.6) is 0 Å². The number of anilines is 1. The minimum absolute atomic E-state index is 0.438. The molecule has 2 aliphatic rings. The number of aromatic nitrogens is 4. The van der Waals surface area contributed by atoms with E-state index in [1.165, 1.54) is 12.8 Å². The lowest BCUT2D eigenvalue weighted by Gasteiger charge is -2.38. The van der Waals surface area contributed by atoms with Crippen LogP contribution in [0.1, 0.15) is 25.7 Å². The van der Waals surface area contributed by atoms with Crippen LogP contribution in [-0.2, 0) is 4.74 Å². The van der Waals surface area contributed by atoms with Crippen LogP contribution >= 0.6 is 0 Å². The van der Waals surface area contributed by atoms with Crippen LogP contribution in [-0.4, -0.2) is 62.9 Å². The molecule has 1 aliphatic heterocycles. The number of fused-ring (bicyclic) bond motifs is 2. The molecule has 164 valence electrons. The van der Waals surface area contributed by atoms with Crippen LogP contribution in [0.4, 0.5) is 5.95 Å². The summed E-state index contributed by atoms with van der Waals surface area (Å²) in [5, 5.41) is 9.45. The van der Waals surface area contributed by atoms with Gasteiger partial charge in [0.2, 0.25) is 5.95 Å². The molecule has 7 nitrogen and oxygen atoms in total. The first-order valence-corrected chi connectivity index (χ1v) is 11.6. The SMILES string of the molecule is c1cnc2ccc(-c3ccn4nc(NC5CCC(N6CCOCC6)CC5)ncc34)cc2c1. The van der Waals surface area contributed by atoms with Gasteiger partial charge in [0.1, 0.15) is 0 Å². The summed E-state index contributed by atoms with van der Waals surface area (Å²) in [5.74, 6) is 0.706. The van der Waals surface area contributed by atoms with E-state index in [2.05, 4.69) is 50.5 Å². The predicted octanol–water partition coefficient (Wildman–Crippen LogP) is 4.00. The van der Waals surface area contributed by atoms with Crippen molar-refractivity contribution in [2.75, 3.05) is 31.6 Å². The molecule has 0 bridgehead atoms. The second-order valence-electron chi connectivity index (χ2n) is 8.85. The highest BCUT2D eigenvalue weighted by molar-refractivity contribution is 5.88. The third-order valence-electron chi connectivity index (χ3n) is 6.92. The van der Waals surface area contributed by atoms with Gasteiger partial charge in [0.15, 0.2) is 0 Å². The summed E-state index contributed by atoms with van der Waals surface area (Å²) in [7, 11) is 0. The molecule has 4 heterocycles. The van der Waals surface area contributed by atoms with Gasteiger partial charge in [-0.3, -0.25) is 9.88 Å².